The largest absolute Gasteiger partial charge is 0.490 e. The van der Waals surface area contributed by atoms with Gasteiger partial charge in [-0.05, 0) is 82.5 Å². The van der Waals surface area contributed by atoms with Gasteiger partial charge in [-0.1, -0.05) is 18.2 Å². The summed E-state index contributed by atoms with van der Waals surface area (Å²) in [7, 11) is 0. The van der Waals surface area contributed by atoms with Crippen molar-refractivity contribution in [3.63, 3.8) is 0 Å². The Hall–Kier alpha value is -3.84. The van der Waals surface area contributed by atoms with E-state index in [1.54, 1.807) is 37.3 Å². The third-order valence-electron chi connectivity index (χ3n) is 4.73. The summed E-state index contributed by atoms with van der Waals surface area (Å²) >= 11 is 3.39. The van der Waals surface area contributed by atoms with Crippen LogP contribution < -0.4 is 14.8 Å². The molecule has 5 nitrogen and oxygen atoms in total. The molecule has 0 spiro atoms. The highest BCUT2D eigenvalue weighted by molar-refractivity contribution is 9.10. The van der Waals surface area contributed by atoms with E-state index in [9.17, 15) is 27.6 Å². The summed E-state index contributed by atoms with van der Waals surface area (Å²) in [6.45, 7) is 2.11. The predicted octanol–water partition coefficient (Wildman–Crippen LogP) is 7.13. The van der Waals surface area contributed by atoms with Crippen LogP contribution in [0.1, 0.15) is 23.6 Å². The zero-order valence-corrected chi connectivity index (χ0v) is 20.4. The minimum absolute atomic E-state index is 0.0639. The molecule has 1 amide bonds. The summed E-state index contributed by atoms with van der Waals surface area (Å²) in [6, 6.07) is 14.9. The van der Waals surface area contributed by atoms with Crippen LogP contribution in [0.5, 0.6) is 11.5 Å². The summed E-state index contributed by atoms with van der Waals surface area (Å²) in [5, 5.41) is 11.8. The highest BCUT2D eigenvalue weighted by atomic mass is 79.9. The van der Waals surface area contributed by atoms with Crippen LogP contribution in [0.3, 0.4) is 0 Å². The van der Waals surface area contributed by atoms with Gasteiger partial charge in [0.05, 0.1) is 16.6 Å². The summed E-state index contributed by atoms with van der Waals surface area (Å²) in [4.78, 5) is 12.6. The van der Waals surface area contributed by atoms with E-state index in [-0.39, 0.29) is 24.5 Å². The summed E-state index contributed by atoms with van der Waals surface area (Å²) in [6.07, 6.45) is -3.30. The maximum absolute atomic E-state index is 13.5. The monoisotopic (exact) mass is 562 g/mol. The van der Waals surface area contributed by atoms with Crippen molar-refractivity contribution in [2.45, 2.75) is 19.7 Å². The second-order valence-corrected chi connectivity index (χ2v) is 8.24. The standard InChI is InChI=1S/C26H19BrF4N2O3/c1-2-35-23-12-17(11-22(27)24(23)36-15-16-5-3-7-20(28)10-16)9-18(14-32)25(34)33-21-8-4-6-19(13-21)26(29,30)31/h3-13H,2,15H2,1H3,(H,33,34)/b18-9+. The quantitative estimate of drug-likeness (QED) is 0.180. The highest BCUT2D eigenvalue weighted by Crippen LogP contribution is 2.38. The molecular weight excluding hydrogens is 544 g/mol. The zero-order chi connectivity index (χ0) is 26.3. The fourth-order valence-corrected chi connectivity index (χ4v) is 3.72. The van der Waals surface area contributed by atoms with Gasteiger partial charge in [0.25, 0.3) is 5.91 Å². The Labute approximate surface area is 213 Å². The third kappa shape index (κ3) is 7.09. The number of ether oxygens (including phenoxy) is 2. The number of rotatable bonds is 8. The molecule has 0 aliphatic heterocycles. The average molecular weight is 563 g/mol. The van der Waals surface area contributed by atoms with Crippen molar-refractivity contribution >= 4 is 33.6 Å². The average Bonchev–Trinajstić information content (AvgIpc) is 2.82. The maximum Gasteiger partial charge on any atom is 0.416 e. The molecule has 0 unspecified atom stereocenters. The number of anilines is 1. The molecule has 3 aromatic carbocycles. The Morgan fingerprint density at radius 2 is 1.86 bits per heavy atom. The molecule has 0 heterocycles. The van der Waals surface area contributed by atoms with Crippen LogP contribution in [0.2, 0.25) is 0 Å². The number of hydrogen-bond donors (Lipinski definition) is 1. The van der Waals surface area contributed by atoms with Gasteiger partial charge in [0.2, 0.25) is 0 Å². The number of amides is 1. The maximum atomic E-state index is 13.5. The lowest BCUT2D eigenvalue weighted by atomic mass is 10.1. The molecule has 0 bridgehead atoms. The number of alkyl halides is 3. The number of hydrogen-bond acceptors (Lipinski definition) is 4. The van der Waals surface area contributed by atoms with E-state index in [4.69, 9.17) is 9.47 Å². The van der Waals surface area contributed by atoms with Gasteiger partial charge in [0.1, 0.15) is 24.1 Å². The van der Waals surface area contributed by atoms with Gasteiger partial charge in [-0.25, -0.2) is 4.39 Å². The van der Waals surface area contributed by atoms with Gasteiger partial charge in [-0.2, -0.15) is 18.4 Å². The van der Waals surface area contributed by atoms with E-state index < -0.39 is 23.5 Å². The van der Waals surface area contributed by atoms with Gasteiger partial charge in [-0.3, -0.25) is 4.79 Å². The third-order valence-corrected chi connectivity index (χ3v) is 5.32. The molecule has 0 saturated heterocycles. The van der Waals surface area contributed by atoms with Crippen LogP contribution in [0.4, 0.5) is 23.2 Å². The number of carbonyl (C=O) groups excluding carboxylic acids is 1. The van der Waals surface area contributed by atoms with Gasteiger partial charge in [0.15, 0.2) is 11.5 Å². The lowest BCUT2D eigenvalue weighted by Gasteiger charge is -2.15. The molecule has 0 atom stereocenters. The van der Waals surface area contributed by atoms with Crippen molar-refractivity contribution in [3.8, 4) is 17.6 Å². The SMILES string of the molecule is CCOc1cc(/C=C(\C#N)C(=O)Nc2cccc(C(F)(F)F)c2)cc(Br)c1OCc1cccc(F)c1. The van der Waals surface area contributed by atoms with E-state index in [0.717, 1.165) is 18.2 Å². The second kappa shape index (κ2) is 11.7. The van der Waals surface area contributed by atoms with Crippen LogP contribution in [-0.4, -0.2) is 12.5 Å². The van der Waals surface area contributed by atoms with E-state index in [1.165, 1.54) is 24.3 Å². The van der Waals surface area contributed by atoms with Gasteiger partial charge >= 0.3 is 6.18 Å². The first kappa shape index (κ1) is 26.8. The van der Waals surface area contributed by atoms with Crippen LogP contribution in [0, 0.1) is 17.1 Å². The summed E-state index contributed by atoms with van der Waals surface area (Å²) < 4.78 is 64.2. The highest BCUT2D eigenvalue weighted by Gasteiger charge is 2.30. The first-order valence-corrected chi connectivity index (χ1v) is 11.3. The van der Waals surface area contributed by atoms with E-state index in [2.05, 4.69) is 21.2 Å². The molecule has 186 valence electrons. The molecule has 0 saturated carbocycles. The van der Waals surface area contributed by atoms with Gasteiger partial charge < -0.3 is 14.8 Å². The predicted molar refractivity (Wildman–Crippen MR) is 130 cm³/mol. The van der Waals surface area contributed by atoms with E-state index in [0.29, 0.717) is 27.1 Å². The number of nitriles is 1. The number of carbonyl (C=O) groups is 1. The number of halogens is 5. The summed E-state index contributed by atoms with van der Waals surface area (Å²) in [5.41, 5.74) is -0.365. The fourth-order valence-electron chi connectivity index (χ4n) is 3.14. The van der Waals surface area contributed by atoms with Crippen molar-refractivity contribution in [1.29, 1.82) is 5.26 Å². The Morgan fingerprint density at radius 1 is 1.11 bits per heavy atom. The van der Waals surface area contributed by atoms with Crippen LogP contribution in [0.25, 0.3) is 6.08 Å². The molecule has 0 radical (unpaired) electrons. The molecule has 3 rings (SSSR count). The zero-order valence-electron chi connectivity index (χ0n) is 18.8. The lowest BCUT2D eigenvalue weighted by Crippen LogP contribution is -2.14. The Kier molecular flexibility index (Phi) is 8.72. The fraction of sp³-hybridized carbons (Fsp3) is 0.154. The van der Waals surface area contributed by atoms with E-state index >= 15 is 0 Å². The summed E-state index contributed by atoms with van der Waals surface area (Å²) in [5.74, 6) is -0.624. The Bertz CT molecular complexity index is 1330. The molecular formula is C26H19BrF4N2O3. The van der Waals surface area contributed by atoms with Crippen molar-refractivity contribution in [3.05, 3.63) is 93.2 Å². The van der Waals surface area contributed by atoms with Gasteiger partial charge in [0, 0.05) is 5.69 Å². The molecule has 0 fully saturated rings. The molecule has 3 aromatic rings. The molecule has 0 aliphatic rings. The van der Waals surface area contributed by atoms with E-state index in [1.807, 2.05) is 0 Å². The molecule has 10 heteroatoms. The Morgan fingerprint density at radius 3 is 2.53 bits per heavy atom. The molecule has 1 N–H and O–H groups in total. The van der Waals surface area contributed by atoms with Gasteiger partial charge in [-0.15, -0.1) is 0 Å². The van der Waals surface area contributed by atoms with Crippen LogP contribution >= 0.6 is 15.9 Å². The van der Waals surface area contributed by atoms with Crippen LogP contribution in [-0.2, 0) is 17.6 Å². The Balaban J connectivity index is 1.84. The molecule has 36 heavy (non-hydrogen) atoms. The minimum atomic E-state index is -4.57. The molecule has 0 aliphatic carbocycles. The molecule has 0 aromatic heterocycles. The smallest absolute Gasteiger partial charge is 0.416 e. The number of nitrogens with zero attached hydrogens (tertiary/aromatic N) is 1. The van der Waals surface area contributed by atoms with Crippen LogP contribution in [0.15, 0.2) is 70.7 Å². The topological polar surface area (TPSA) is 71.3 Å². The van der Waals surface area contributed by atoms with Crippen molar-refractivity contribution < 1.29 is 31.8 Å². The van der Waals surface area contributed by atoms with Crippen molar-refractivity contribution in [2.24, 2.45) is 0 Å². The number of benzene rings is 3. The minimum Gasteiger partial charge on any atom is -0.490 e. The first-order valence-electron chi connectivity index (χ1n) is 10.5. The van der Waals surface area contributed by atoms with Crippen molar-refractivity contribution in [1.82, 2.24) is 0 Å². The first-order chi connectivity index (χ1) is 17.1. The lowest BCUT2D eigenvalue weighted by molar-refractivity contribution is -0.137. The second-order valence-electron chi connectivity index (χ2n) is 7.38. The number of nitrogens with one attached hydrogen (secondary N) is 1. The van der Waals surface area contributed by atoms with Crippen molar-refractivity contribution in [2.75, 3.05) is 11.9 Å². The normalized spacial score (nSPS) is 11.5.